The molecule has 1 aromatic heterocycles. The van der Waals surface area contributed by atoms with E-state index in [4.69, 9.17) is 0 Å². The SMILES string of the molecule is CC#CCCC(C)(O)c1cc2ccccc2s1. The van der Waals surface area contributed by atoms with E-state index in [9.17, 15) is 5.11 Å². The van der Waals surface area contributed by atoms with Crippen molar-refractivity contribution in [2.75, 3.05) is 0 Å². The van der Waals surface area contributed by atoms with Gasteiger partial charge >= 0.3 is 0 Å². The fraction of sp³-hybridized carbons (Fsp3) is 0.333. The van der Waals surface area contributed by atoms with Gasteiger partial charge in [-0.3, -0.25) is 0 Å². The van der Waals surface area contributed by atoms with Gasteiger partial charge in [0.15, 0.2) is 0 Å². The number of benzene rings is 1. The molecule has 2 rings (SSSR count). The molecule has 1 aromatic carbocycles. The van der Waals surface area contributed by atoms with Crippen molar-refractivity contribution in [3.63, 3.8) is 0 Å². The van der Waals surface area contributed by atoms with Crippen LogP contribution in [0.4, 0.5) is 0 Å². The van der Waals surface area contributed by atoms with Gasteiger partial charge in [-0.05, 0) is 37.8 Å². The van der Waals surface area contributed by atoms with Gasteiger partial charge in [-0.1, -0.05) is 18.2 Å². The summed E-state index contributed by atoms with van der Waals surface area (Å²) in [4.78, 5) is 1.02. The first-order chi connectivity index (χ1) is 8.13. The van der Waals surface area contributed by atoms with Crippen LogP contribution in [0.5, 0.6) is 0 Å². The first-order valence-corrected chi connectivity index (χ1v) is 6.56. The first kappa shape index (κ1) is 12.2. The summed E-state index contributed by atoms with van der Waals surface area (Å²) in [6.45, 7) is 3.70. The molecule has 88 valence electrons. The fourth-order valence-electron chi connectivity index (χ4n) is 1.80. The predicted molar refractivity (Wildman–Crippen MR) is 74.1 cm³/mol. The van der Waals surface area contributed by atoms with Crippen LogP contribution in [-0.4, -0.2) is 5.11 Å². The Balaban J connectivity index is 2.27. The lowest BCUT2D eigenvalue weighted by molar-refractivity contribution is 0.0533. The molecule has 1 N–H and O–H groups in total. The van der Waals surface area contributed by atoms with Gasteiger partial charge in [0.25, 0.3) is 0 Å². The Morgan fingerprint density at radius 2 is 2.12 bits per heavy atom. The zero-order valence-electron chi connectivity index (χ0n) is 10.2. The summed E-state index contributed by atoms with van der Waals surface area (Å²) in [6, 6.07) is 10.3. The summed E-state index contributed by atoms with van der Waals surface area (Å²) in [5, 5.41) is 11.7. The zero-order chi connectivity index (χ0) is 12.3. The van der Waals surface area contributed by atoms with Crippen LogP contribution in [0.25, 0.3) is 10.1 Å². The Labute approximate surface area is 106 Å². The molecule has 0 aliphatic rings. The largest absolute Gasteiger partial charge is 0.385 e. The van der Waals surface area contributed by atoms with E-state index < -0.39 is 5.60 Å². The summed E-state index contributed by atoms with van der Waals surface area (Å²) in [7, 11) is 0. The second kappa shape index (κ2) is 4.91. The molecular weight excluding hydrogens is 228 g/mol. The number of aliphatic hydroxyl groups is 1. The average Bonchev–Trinajstić information content (AvgIpc) is 2.73. The minimum atomic E-state index is -0.770. The zero-order valence-corrected chi connectivity index (χ0v) is 11.0. The molecule has 0 spiro atoms. The minimum Gasteiger partial charge on any atom is -0.385 e. The molecule has 1 nitrogen and oxygen atoms in total. The van der Waals surface area contributed by atoms with Crippen LogP contribution in [0.15, 0.2) is 30.3 Å². The van der Waals surface area contributed by atoms with Gasteiger partial charge in [0, 0.05) is 16.0 Å². The van der Waals surface area contributed by atoms with Gasteiger partial charge in [-0.2, -0.15) is 0 Å². The molecule has 1 atom stereocenters. The van der Waals surface area contributed by atoms with Crippen LogP contribution in [0.3, 0.4) is 0 Å². The van der Waals surface area contributed by atoms with E-state index in [2.05, 4.69) is 30.0 Å². The fourth-order valence-corrected chi connectivity index (χ4v) is 2.94. The van der Waals surface area contributed by atoms with Crippen molar-refractivity contribution in [2.24, 2.45) is 0 Å². The van der Waals surface area contributed by atoms with Gasteiger partial charge in [-0.15, -0.1) is 23.2 Å². The Kier molecular flexibility index (Phi) is 3.51. The number of hydrogen-bond acceptors (Lipinski definition) is 2. The smallest absolute Gasteiger partial charge is 0.0969 e. The third-order valence-electron chi connectivity index (χ3n) is 2.87. The normalized spacial score (nSPS) is 14.1. The highest BCUT2D eigenvalue weighted by Gasteiger charge is 2.24. The summed E-state index contributed by atoms with van der Waals surface area (Å²) < 4.78 is 1.23. The predicted octanol–water partition coefficient (Wildman–Crippen LogP) is 3.91. The Hall–Kier alpha value is -1.30. The molecular formula is C15H16OS. The monoisotopic (exact) mass is 244 g/mol. The second-order valence-electron chi connectivity index (χ2n) is 4.35. The lowest BCUT2D eigenvalue weighted by atomic mass is 9.98. The van der Waals surface area contributed by atoms with E-state index in [0.29, 0.717) is 6.42 Å². The van der Waals surface area contributed by atoms with Crippen molar-refractivity contribution < 1.29 is 5.11 Å². The summed E-state index contributed by atoms with van der Waals surface area (Å²) in [6.07, 6.45) is 1.42. The number of fused-ring (bicyclic) bond motifs is 1. The average molecular weight is 244 g/mol. The molecule has 0 bridgehead atoms. The third-order valence-corrected chi connectivity index (χ3v) is 4.24. The van der Waals surface area contributed by atoms with Gasteiger partial charge in [0.05, 0.1) is 5.60 Å². The number of rotatable bonds is 3. The topological polar surface area (TPSA) is 20.2 Å². The van der Waals surface area contributed by atoms with E-state index in [1.165, 1.54) is 10.1 Å². The van der Waals surface area contributed by atoms with Gasteiger partial charge < -0.3 is 5.11 Å². The van der Waals surface area contributed by atoms with E-state index in [1.807, 2.05) is 26.0 Å². The maximum absolute atomic E-state index is 10.5. The standard InChI is InChI=1S/C15H16OS/c1-3-4-7-10-15(2,16)14-11-12-8-5-6-9-13(12)17-14/h5-6,8-9,11,16H,7,10H2,1-2H3. The van der Waals surface area contributed by atoms with Crippen LogP contribution < -0.4 is 0 Å². The van der Waals surface area contributed by atoms with E-state index >= 15 is 0 Å². The molecule has 0 aliphatic carbocycles. The lowest BCUT2D eigenvalue weighted by Gasteiger charge is -2.20. The molecule has 1 unspecified atom stereocenters. The van der Waals surface area contributed by atoms with Crippen molar-refractivity contribution in [2.45, 2.75) is 32.3 Å². The van der Waals surface area contributed by atoms with Gasteiger partial charge in [0.1, 0.15) is 0 Å². The van der Waals surface area contributed by atoms with Crippen LogP contribution >= 0.6 is 11.3 Å². The molecule has 0 saturated heterocycles. The van der Waals surface area contributed by atoms with Gasteiger partial charge in [0.2, 0.25) is 0 Å². The van der Waals surface area contributed by atoms with Crippen molar-refractivity contribution >= 4 is 21.4 Å². The molecule has 0 saturated carbocycles. The van der Waals surface area contributed by atoms with Crippen molar-refractivity contribution in [3.05, 3.63) is 35.2 Å². The van der Waals surface area contributed by atoms with Crippen molar-refractivity contribution in [3.8, 4) is 11.8 Å². The number of thiophene rings is 1. The Bertz CT molecular complexity index is 536. The first-order valence-electron chi connectivity index (χ1n) is 5.74. The maximum atomic E-state index is 10.5. The third kappa shape index (κ3) is 2.69. The Morgan fingerprint density at radius 1 is 1.35 bits per heavy atom. The highest BCUT2D eigenvalue weighted by molar-refractivity contribution is 7.19. The van der Waals surface area contributed by atoms with E-state index in [1.54, 1.807) is 11.3 Å². The summed E-state index contributed by atoms with van der Waals surface area (Å²) in [5.41, 5.74) is -0.770. The summed E-state index contributed by atoms with van der Waals surface area (Å²) in [5.74, 6) is 5.86. The van der Waals surface area contributed by atoms with Crippen molar-refractivity contribution in [1.82, 2.24) is 0 Å². The molecule has 2 aromatic rings. The minimum absolute atomic E-state index is 0.681. The van der Waals surface area contributed by atoms with Gasteiger partial charge in [-0.25, -0.2) is 0 Å². The van der Waals surface area contributed by atoms with E-state index in [0.717, 1.165) is 11.3 Å². The molecule has 0 amide bonds. The second-order valence-corrected chi connectivity index (χ2v) is 5.43. The quantitative estimate of drug-likeness (QED) is 0.812. The Morgan fingerprint density at radius 3 is 2.82 bits per heavy atom. The van der Waals surface area contributed by atoms with E-state index in [-0.39, 0.29) is 0 Å². The van der Waals surface area contributed by atoms with Crippen LogP contribution in [-0.2, 0) is 5.60 Å². The number of hydrogen-bond donors (Lipinski definition) is 1. The van der Waals surface area contributed by atoms with Crippen LogP contribution in [0.2, 0.25) is 0 Å². The molecule has 0 fully saturated rings. The van der Waals surface area contributed by atoms with Crippen LogP contribution in [0, 0.1) is 11.8 Å². The molecule has 0 aliphatic heterocycles. The highest BCUT2D eigenvalue weighted by Crippen LogP contribution is 2.35. The molecule has 1 heterocycles. The maximum Gasteiger partial charge on any atom is 0.0969 e. The lowest BCUT2D eigenvalue weighted by Crippen LogP contribution is -2.18. The van der Waals surface area contributed by atoms with Crippen molar-refractivity contribution in [1.29, 1.82) is 0 Å². The highest BCUT2D eigenvalue weighted by atomic mass is 32.1. The molecule has 2 heteroatoms. The summed E-state index contributed by atoms with van der Waals surface area (Å²) >= 11 is 1.66. The molecule has 0 radical (unpaired) electrons. The molecule has 17 heavy (non-hydrogen) atoms. The van der Waals surface area contributed by atoms with Crippen LogP contribution in [0.1, 0.15) is 31.6 Å².